The van der Waals surface area contributed by atoms with Crippen molar-refractivity contribution in [2.24, 2.45) is 0 Å². The number of aromatic nitrogens is 1. The minimum absolute atomic E-state index is 0.145. The summed E-state index contributed by atoms with van der Waals surface area (Å²) in [4.78, 5) is 16.3. The van der Waals surface area contributed by atoms with Crippen molar-refractivity contribution >= 4 is 28.9 Å². The molecule has 0 aliphatic carbocycles. The molecular formula is C15H16ClN3O. The summed E-state index contributed by atoms with van der Waals surface area (Å²) in [7, 11) is 0. The molecule has 1 aromatic carbocycles. The smallest absolute Gasteiger partial charge is 0.231 e. The van der Waals surface area contributed by atoms with Gasteiger partial charge in [0, 0.05) is 11.9 Å². The summed E-state index contributed by atoms with van der Waals surface area (Å²) >= 11 is 6.00. The minimum Gasteiger partial charge on any atom is -0.399 e. The van der Waals surface area contributed by atoms with Crippen molar-refractivity contribution in [1.29, 1.82) is 0 Å². The number of pyridine rings is 1. The van der Waals surface area contributed by atoms with Gasteiger partial charge in [0.25, 0.3) is 0 Å². The molecule has 20 heavy (non-hydrogen) atoms. The lowest BCUT2D eigenvalue weighted by molar-refractivity contribution is -0.117. The highest BCUT2D eigenvalue weighted by molar-refractivity contribution is 6.32. The molecular weight excluding hydrogens is 274 g/mol. The number of hydrogen-bond acceptors (Lipinski definition) is 3. The first-order chi connectivity index (χ1) is 9.49. The van der Waals surface area contributed by atoms with Crippen LogP contribution in [0.3, 0.4) is 0 Å². The molecule has 5 heteroatoms. The van der Waals surface area contributed by atoms with Crippen LogP contribution in [0.15, 0.2) is 36.5 Å². The topological polar surface area (TPSA) is 68.0 Å². The molecule has 1 atom stereocenters. The van der Waals surface area contributed by atoms with Gasteiger partial charge in [0.2, 0.25) is 5.91 Å². The summed E-state index contributed by atoms with van der Waals surface area (Å²) in [5.41, 5.74) is 8.66. The van der Waals surface area contributed by atoms with Crippen molar-refractivity contribution in [2.75, 3.05) is 11.1 Å². The molecule has 2 aromatic rings. The minimum atomic E-state index is -0.325. The third-order valence-electron chi connectivity index (χ3n) is 3.17. The molecule has 4 nitrogen and oxygen atoms in total. The lowest BCUT2D eigenvalue weighted by Gasteiger charge is -2.15. The molecule has 2 rings (SSSR count). The fraction of sp³-hybridized carbons (Fsp3) is 0.200. The van der Waals surface area contributed by atoms with E-state index in [9.17, 15) is 4.79 Å². The number of halogens is 1. The normalized spacial score (nSPS) is 11.9. The molecule has 104 valence electrons. The standard InChI is InChI=1S/C15H16ClN3O/c1-9-6-7-18-14(16)13(9)19-15(20)10(2)11-4-3-5-12(17)8-11/h3-8,10H,17H2,1-2H3,(H,19,20). The summed E-state index contributed by atoms with van der Waals surface area (Å²) < 4.78 is 0. The number of amides is 1. The number of rotatable bonds is 3. The van der Waals surface area contributed by atoms with Gasteiger partial charge in [0.05, 0.1) is 11.6 Å². The fourth-order valence-corrected chi connectivity index (χ4v) is 2.14. The van der Waals surface area contributed by atoms with E-state index in [0.29, 0.717) is 11.4 Å². The van der Waals surface area contributed by atoms with Crippen molar-refractivity contribution in [3.8, 4) is 0 Å². The molecule has 1 heterocycles. The Hall–Kier alpha value is -2.07. The van der Waals surface area contributed by atoms with Crippen LogP contribution in [0, 0.1) is 6.92 Å². The summed E-state index contributed by atoms with van der Waals surface area (Å²) in [6, 6.07) is 9.08. The number of nitrogen functional groups attached to an aromatic ring is 1. The second kappa shape index (κ2) is 5.92. The van der Waals surface area contributed by atoms with E-state index in [2.05, 4.69) is 10.3 Å². The highest BCUT2D eigenvalue weighted by atomic mass is 35.5. The number of anilines is 2. The van der Waals surface area contributed by atoms with Crippen molar-refractivity contribution in [1.82, 2.24) is 4.98 Å². The van der Waals surface area contributed by atoms with E-state index in [1.807, 2.05) is 26.0 Å². The van der Waals surface area contributed by atoms with Gasteiger partial charge in [-0.15, -0.1) is 0 Å². The third-order valence-corrected chi connectivity index (χ3v) is 3.45. The van der Waals surface area contributed by atoms with Crippen LogP contribution < -0.4 is 11.1 Å². The molecule has 3 N–H and O–H groups in total. The van der Waals surface area contributed by atoms with Crippen molar-refractivity contribution < 1.29 is 4.79 Å². The lowest BCUT2D eigenvalue weighted by atomic mass is 9.99. The number of nitrogens with zero attached hydrogens (tertiary/aromatic N) is 1. The monoisotopic (exact) mass is 289 g/mol. The van der Waals surface area contributed by atoms with Crippen LogP contribution in [0.1, 0.15) is 24.0 Å². The van der Waals surface area contributed by atoms with Crippen LogP contribution >= 0.6 is 11.6 Å². The highest BCUT2D eigenvalue weighted by Crippen LogP contribution is 2.25. The Labute approximate surface area is 123 Å². The molecule has 0 spiro atoms. The van der Waals surface area contributed by atoms with Crippen LogP contribution in [0.5, 0.6) is 0 Å². The molecule has 1 unspecified atom stereocenters. The summed E-state index contributed by atoms with van der Waals surface area (Å²) in [6.45, 7) is 3.69. The summed E-state index contributed by atoms with van der Waals surface area (Å²) in [6.07, 6.45) is 1.61. The summed E-state index contributed by atoms with van der Waals surface area (Å²) in [5.74, 6) is -0.470. The van der Waals surface area contributed by atoms with E-state index >= 15 is 0 Å². The van der Waals surface area contributed by atoms with E-state index in [0.717, 1.165) is 11.1 Å². The second-order valence-corrected chi connectivity index (χ2v) is 5.03. The molecule has 1 aromatic heterocycles. The van der Waals surface area contributed by atoms with Gasteiger partial charge in [-0.2, -0.15) is 0 Å². The van der Waals surface area contributed by atoms with E-state index in [1.54, 1.807) is 24.4 Å². The van der Waals surface area contributed by atoms with Crippen LogP contribution in [-0.4, -0.2) is 10.9 Å². The number of carbonyl (C=O) groups is 1. The quantitative estimate of drug-likeness (QED) is 0.672. The summed E-state index contributed by atoms with van der Waals surface area (Å²) in [5, 5.41) is 3.11. The van der Waals surface area contributed by atoms with Crippen LogP contribution in [0.2, 0.25) is 5.15 Å². The van der Waals surface area contributed by atoms with E-state index in [-0.39, 0.29) is 17.0 Å². The Balaban J connectivity index is 2.20. The van der Waals surface area contributed by atoms with Crippen molar-refractivity contribution in [2.45, 2.75) is 19.8 Å². The van der Waals surface area contributed by atoms with Gasteiger partial charge in [0.15, 0.2) is 5.15 Å². The predicted octanol–water partition coefficient (Wildman–Crippen LogP) is 3.37. The first-order valence-corrected chi connectivity index (χ1v) is 6.64. The number of aryl methyl sites for hydroxylation is 1. The largest absolute Gasteiger partial charge is 0.399 e. The second-order valence-electron chi connectivity index (χ2n) is 4.67. The van der Waals surface area contributed by atoms with Gasteiger partial charge in [-0.25, -0.2) is 4.98 Å². The Morgan fingerprint density at radius 1 is 1.40 bits per heavy atom. The number of hydrogen-bond donors (Lipinski definition) is 2. The Morgan fingerprint density at radius 2 is 2.15 bits per heavy atom. The van der Waals surface area contributed by atoms with Crippen LogP contribution in [0.4, 0.5) is 11.4 Å². The third kappa shape index (κ3) is 3.08. The zero-order valence-corrected chi connectivity index (χ0v) is 12.1. The molecule has 1 amide bonds. The molecule has 0 bridgehead atoms. The average Bonchev–Trinajstić information content (AvgIpc) is 2.42. The molecule has 0 radical (unpaired) electrons. The van der Waals surface area contributed by atoms with Crippen molar-refractivity contribution in [3.05, 3.63) is 52.8 Å². The predicted molar refractivity (Wildman–Crippen MR) is 81.9 cm³/mol. The Bertz CT molecular complexity index is 623. The fourth-order valence-electron chi connectivity index (χ4n) is 1.89. The molecule has 0 saturated carbocycles. The van der Waals surface area contributed by atoms with Gasteiger partial charge in [-0.1, -0.05) is 23.7 Å². The molecule has 0 aliphatic rings. The number of carbonyl (C=O) groups excluding carboxylic acids is 1. The molecule has 0 fully saturated rings. The Kier molecular flexibility index (Phi) is 4.25. The maximum Gasteiger partial charge on any atom is 0.231 e. The lowest BCUT2D eigenvalue weighted by Crippen LogP contribution is -2.20. The highest BCUT2D eigenvalue weighted by Gasteiger charge is 2.17. The van der Waals surface area contributed by atoms with E-state index in [4.69, 9.17) is 17.3 Å². The van der Waals surface area contributed by atoms with Crippen molar-refractivity contribution in [3.63, 3.8) is 0 Å². The van der Waals surface area contributed by atoms with Gasteiger partial charge in [-0.3, -0.25) is 4.79 Å². The molecule has 0 saturated heterocycles. The Morgan fingerprint density at radius 3 is 2.80 bits per heavy atom. The van der Waals surface area contributed by atoms with Gasteiger partial charge in [0.1, 0.15) is 0 Å². The van der Waals surface area contributed by atoms with Gasteiger partial charge in [-0.05, 0) is 43.2 Å². The maximum atomic E-state index is 12.3. The number of nitrogens with one attached hydrogen (secondary N) is 1. The first kappa shape index (κ1) is 14.3. The maximum absolute atomic E-state index is 12.3. The zero-order chi connectivity index (χ0) is 14.7. The first-order valence-electron chi connectivity index (χ1n) is 6.26. The SMILES string of the molecule is Cc1ccnc(Cl)c1NC(=O)C(C)c1cccc(N)c1. The van der Waals surface area contributed by atoms with Gasteiger partial charge >= 0.3 is 0 Å². The van der Waals surface area contributed by atoms with E-state index in [1.165, 1.54) is 0 Å². The van der Waals surface area contributed by atoms with E-state index < -0.39 is 0 Å². The zero-order valence-electron chi connectivity index (χ0n) is 11.4. The molecule has 0 aliphatic heterocycles. The van der Waals surface area contributed by atoms with Crippen LogP contribution in [-0.2, 0) is 4.79 Å². The number of benzene rings is 1. The van der Waals surface area contributed by atoms with Gasteiger partial charge < -0.3 is 11.1 Å². The van der Waals surface area contributed by atoms with Crippen LogP contribution in [0.25, 0.3) is 0 Å². The average molecular weight is 290 g/mol. The number of nitrogens with two attached hydrogens (primary N) is 1.